The van der Waals surface area contributed by atoms with E-state index in [0.717, 1.165) is 19.4 Å². The third kappa shape index (κ3) is 2.02. The first-order valence-corrected chi connectivity index (χ1v) is 6.82. The average Bonchev–Trinajstić information content (AvgIpc) is 2.87. The van der Waals surface area contributed by atoms with Gasteiger partial charge < -0.3 is 4.90 Å². The first-order chi connectivity index (χ1) is 8.75. The van der Waals surface area contributed by atoms with Gasteiger partial charge in [0.1, 0.15) is 5.82 Å². The molecule has 2 unspecified atom stereocenters. The van der Waals surface area contributed by atoms with Gasteiger partial charge in [0.2, 0.25) is 0 Å². The Kier molecular flexibility index (Phi) is 3.06. The molecule has 1 aromatic rings. The standard InChI is InChI=1S/C15H18FNO/c16-13-8-6-12(7-9-13)15(18)17-10-2-4-11-3-1-5-14(11)17/h6-9,11,14H,1-5,10H2. The van der Waals surface area contributed by atoms with Crippen LogP contribution in [-0.4, -0.2) is 23.4 Å². The molecule has 0 spiro atoms. The second-order valence-electron chi connectivity index (χ2n) is 5.41. The third-order valence-electron chi connectivity index (χ3n) is 4.35. The molecule has 2 fully saturated rings. The lowest BCUT2D eigenvalue weighted by molar-refractivity contribution is 0.0548. The van der Waals surface area contributed by atoms with Crippen LogP contribution in [0.1, 0.15) is 42.5 Å². The van der Waals surface area contributed by atoms with Gasteiger partial charge >= 0.3 is 0 Å². The van der Waals surface area contributed by atoms with Crippen molar-refractivity contribution in [3.8, 4) is 0 Å². The molecule has 1 heterocycles. The second kappa shape index (κ2) is 4.71. The number of likely N-dealkylation sites (tertiary alicyclic amines) is 1. The monoisotopic (exact) mass is 247 g/mol. The van der Waals surface area contributed by atoms with Crippen LogP contribution in [0, 0.1) is 11.7 Å². The maximum Gasteiger partial charge on any atom is 0.254 e. The highest BCUT2D eigenvalue weighted by molar-refractivity contribution is 5.94. The van der Waals surface area contributed by atoms with Crippen LogP contribution in [0.5, 0.6) is 0 Å². The van der Waals surface area contributed by atoms with Gasteiger partial charge in [-0.1, -0.05) is 6.42 Å². The fraction of sp³-hybridized carbons (Fsp3) is 0.533. The summed E-state index contributed by atoms with van der Waals surface area (Å²) in [6.07, 6.45) is 6.00. The predicted octanol–water partition coefficient (Wildman–Crippen LogP) is 3.23. The fourth-order valence-corrected chi connectivity index (χ4v) is 3.46. The molecule has 1 saturated heterocycles. The van der Waals surface area contributed by atoms with Crippen molar-refractivity contribution in [2.45, 2.75) is 38.1 Å². The number of carbonyl (C=O) groups is 1. The van der Waals surface area contributed by atoms with Gasteiger partial charge in [-0.15, -0.1) is 0 Å². The molecule has 2 nitrogen and oxygen atoms in total. The molecule has 0 radical (unpaired) electrons. The molecule has 96 valence electrons. The van der Waals surface area contributed by atoms with Crippen LogP contribution in [0.3, 0.4) is 0 Å². The Bertz CT molecular complexity index is 442. The first-order valence-electron chi connectivity index (χ1n) is 6.82. The normalized spacial score (nSPS) is 27.1. The largest absolute Gasteiger partial charge is 0.335 e. The maximum atomic E-state index is 12.9. The Hall–Kier alpha value is -1.38. The van der Waals surface area contributed by atoms with E-state index in [4.69, 9.17) is 0 Å². The van der Waals surface area contributed by atoms with Crippen molar-refractivity contribution in [2.75, 3.05) is 6.54 Å². The average molecular weight is 247 g/mol. The highest BCUT2D eigenvalue weighted by Crippen LogP contribution is 2.37. The number of benzene rings is 1. The van der Waals surface area contributed by atoms with E-state index in [1.54, 1.807) is 12.1 Å². The van der Waals surface area contributed by atoms with E-state index in [1.165, 1.54) is 31.4 Å². The van der Waals surface area contributed by atoms with Crippen LogP contribution in [0.4, 0.5) is 4.39 Å². The highest BCUT2D eigenvalue weighted by atomic mass is 19.1. The molecule has 0 N–H and O–H groups in total. The van der Waals surface area contributed by atoms with E-state index < -0.39 is 0 Å². The second-order valence-corrected chi connectivity index (χ2v) is 5.41. The number of hydrogen-bond acceptors (Lipinski definition) is 1. The van der Waals surface area contributed by atoms with Crippen LogP contribution in [-0.2, 0) is 0 Å². The lowest BCUT2D eigenvalue weighted by atomic mass is 9.91. The summed E-state index contributed by atoms with van der Waals surface area (Å²) in [5, 5.41) is 0. The minimum absolute atomic E-state index is 0.0756. The van der Waals surface area contributed by atoms with Gasteiger partial charge in [-0.2, -0.15) is 0 Å². The SMILES string of the molecule is O=C(c1ccc(F)cc1)N1CCCC2CCCC21. The van der Waals surface area contributed by atoms with Gasteiger partial charge in [0, 0.05) is 18.2 Å². The van der Waals surface area contributed by atoms with Gasteiger partial charge in [0.15, 0.2) is 0 Å². The van der Waals surface area contributed by atoms with Crippen molar-refractivity contribution in [1.82, 2.24) is 4.90 Å². The van der Waals surface area contributed by atoms with Gasteiger partial charge in [0.25, 0.3) is 5.91 Å². The van der Waals surface area contributed by atoms with Crippen molar-refractivity contribution in [3.63, 3.8) is 0 Å². The van der Waals surface area contributed by atoms with E-state index in [0.29, 0.717) is 17.5 Å². The molecule has 18 heavy (non-hydrogen) atoms. The molecule has 0 aromatic heterocycles. The zero-order chi connectivity index (χ0) is 12.5. The summed E-state index contributed by atoms with van der Waals surface area (Å²) in [7, 11) is 0. The summed E-state index contributed by atoms with van der Waals surface area (Å²) < 4.78 is 12.9. The molecule has 1 aliphatic heterocycles. The zero-order valence-corrected chi connectivity index (χ0v) is 10.4. The van der Waals surface area contributed by atoms with Crippen molar-refractivity contribution in [3.05, 3.63) is 35.6 Å². The number of halogens is 1. The van der Waals surface area contributed by atoms with Crippen molar-refractivity contribution >= 4 is 5.91 Å². The lowest BCUT2D eigenvalue weighted by Crippen LogP contribution is -2.46. The number of amides is 1. The molecule has 1 saturated carbocycles. The fourth-order valence-electron chi connectivity index (χ4n) is 3.46. The summed E-state index contributed by atoms with van der Waals surface area (Å²) in [5.41, 5.74) is 0.615. The Balaban J connectivity index is 1.81. The van der Waals surface area contributed by atoms with Crippen LogP contribution >= 0.6 is 0 Å². The zero-order valence-electron chi connectivity index (χ0n) is 10.4. The van der Waals surface area contributed by atoms with E-state index in [1.807, 2.05) is 4.90 Å². The molecular formula is C15H18FNO. The van der Waals surface area contributed by atoms with Crippen LogP contribution in [0.2, 0.25) is 0 Å². The molecule has 1 aliphatic carbocycles. The lowest BCUT2D eigenvalue weighted by Gasteiger charge is -2.37. The number of rotatable bonds is 1. The summed E-state index contributed by atoms with van der Waals surface area (Å²) in [4.78, 5) is 14.5. The van der Waals surface area contributed by atoms with Crippen molar-refractivity contribution in [2.24, 2.45) is 5.92 Å². The number of nitrogens with zero attached hydrogens (tertiary/aromatic N) is 1. The molecule has 0 bridgehead atoms. The smallest absolute Gasteiger partial charge is 0.254 e. The van der Waals surface area contributed by atoms with E-state index in [-0.39, 0.29) is 11.7 Å². The number of hydrogen-bond donors (Lipinski definition) is 0. The highest BCUT2D eigenvalue weighted by Gasteiger charge is 2.37. The third-order valence-corrected chi connectivity index (χ3v) is 4.35. The summed E-state index contributed by atoms with van der Waals surface area (Å²) in [6.45, 7) is 0.859. The van der Waals surface area contributed by atoms with E-state index >= 15 is 0 Å². The van der Waals surface area contributed by atoms with Gasteiger partial charge in [-0.3, -0.25) is 4.79 Å². The van der Waals surface area contributed by atoms with Crippen molar-refractivity contribution < 1.29 is 9.18 Å². The Morgan fingerprint density at radius 3 is 2.61 bits per heavy atom. The Labute approximate surface area is 107 Å². The van der Waals surface area contributed by atoms with Crippen LogP contribution < -0.4 is 0 Å². The predicted molar refractivity (Wildman–Crippen MR) is 67.8 cm³/mol. The number of fused-ring (bicyclic) bond motifs is 1. The van der Waals surface area contributed by atoms with Crippen molar-refractivity contribution in [1.29, 1.82) is 0 Å². The van der Waals surface area contributed by atoms with Gasteiger partial charge in [0.05, 0.1) is 0 Å². The summed E-state index contributed by atoms with van der Waals surface area (Å²) in [5.74, 6) is 0.485. The maximum absolute atomic E-state index is 12.9. The molecule has 2 aliphatic rings. The van der Waals surface area contributed by atoms with E-state index in [9.17, 15) is 9.18 Å². The quantitative estimate of drug-likeness (QED) is 0.746. The van der Waals surface area contributed by atoms with E-state index in [2.05, 4.69) is 0 Å². The first kappa shape index (κ1) is 11.7. The molecule has 3 heteroatoms. The van der Waals surface area contributed by atoms with Crippen LogP contribution in [0.25, 0.3) is 0 Å². The molecule has 1 amide bonds. The molecule has 1 aromatic carbocycles. The summed E-state index contributed by atoms with van der Waals surface area (Å²) >= 11 is 0. The minimum Gasteiger partial charge on any atom is -0.335 e. The topological polar surface area (TPSA) is 20.3 Å². The minimum atomic E-state index is -0.288. The Morgan fingerprint density at radius 1 is 1.11 bits per heavy atom. The summed E-state index contributed by atoms with van der Waals surface area (Å²) in [6, 6.07) is 6.34. The number of carbonyl (C=O) groups excluding carboxylic acids is 1. The van der Waals surface area contributed by atoms with Gasteiger partial charge in [-0.05, 0) is 55.9 Å². The molecule has 2 atom stereocenters. The Morgan fingerprint density at radius 2 is 1.83 bits per heavy atom. The van der Waals surface area contributed by atoms with Gasteiger partial charge in [-0.25, -0.2) is 4.39 Å². The number of piperidine rings is 1. The molecular weight excluding hydrogens is 229 g/mol. The molecule has 3 rings (SSSR count). The van der Waals surface area contributed by atoms with Crippen LogP contribution in [0.15, 0.2) is 24.3 Å².